The van der Waals surface area contributed by atoms with Crippen molar-refractivity contribution in [3.63, 3.8) is 0 Å². The van der Waals surface area contributed by atoms with Gasteiger partial charge in [-0.05, 0) is 51.5 Å². The van der Waals surface area contributed by atoms with Gasteiger partial charge in [0, 0.05) is 14.7 Å². The van der Waals surface area contributed by atoms with Gasteiger partial charge in [-0.3, -0.25) is 0 Å². The first-order valence-electron chi connectivity index (χ1n) is 4.22. The molecule has 0 bridgehead atoms. The molecule has 0 saturated carbocycles. The van der Waals surface area contributed by atoms with Crippen molar-refractivity contribution in [2.45, 2.75) is 6.92 Å². The molecule has 0 radical (unpaired) electrons. The number of halogens is 5. The predicted octanol–water partition coefficient (Wildman–Crippen LogP) is 5.36. The van der Waals surface area contributed by atoms with Crippen LogP contribution in [0.4, 0.5) is 4.39 Å². The third-order valence-corrected chi connectivity index (χ3v) is 5.15. The van der Waals surface area contributed by atoms with E-state index in [4.69, 9.17) is 23.2 Å². The Morgan fingerprint density at radius 2 is 2.06 bits per heavy atom. The van der Waals surface area contributed by atoms with Crippen molar-refractivity contribution in [1.29, 1.82) is 0 Å². The van der Waals surface area contributed by atoms with Crippen molar-refractivity contribution in [2.75, 3.05) is 0 Å². The molecule has 2 aromatic rings. The largest absolute Gasteiger partial charge is 0.250 e. The Balaban J connectivity index is 3.08. The number of fused-ring (bicyclic) bond motifs is 1. The third kappa shape index (κ3) is 1.94. The standard InChI is InChI=1S/C10H4BrCl2FIN/c1-3-2-4(12)5-9(15)7(13)6(11)8(14)10(5)16-3/h2H,1H3. The van der Waals surface area contributed by atoms with Gasteiger partial charge in [0.05, 0.1) is 14.5 Å². The van der Waals surface area contributed by atoms with Gasteiger partial charge in [0.25, 0.3) is 0 Å². The van der Waals surface area contributed by atoms with Crippen LogP contribution in [-0.4, -0.2) is 4.98 Å². The molecule has 0 spiro atoms. The number of aromatic nitrogens is 1. The third-order valence-electron chi connectivity index (χ3n) is 2.10. The smallest absolute Gasteiger partial charge is 0.165 e. The molecule has 0 saturated heterocycles. The highest BCUT2D eigenvalue weighted by Gasteiger charge is 2.18. The molecule has 0 unspecified atom stereocenters. The van der Waals surface area contributed by atoms with E-state index in [2.05, 4.69) is 20.9 Å². The van der Waals surface area contributed by atoms with Crippen LogP contribution in [0.1, 0.15) is 5.69 Å². The van der Waals surface area contributed by atoms with Crippen molar-refractivity contribution in [3.8, 4) is 0 Å². The van der Waals surface area contributed by atoms with Crippen LogP contribution in [0, 0.1) is 16.3 Å². The number of aryl methyl sites for hydroxylation is 1. The fourth-order valence-corrected chi connectivity index (χ4v) is 3.66. The fraction of sp³-hybridized carbons (Fsp3) is 0.100. The van der Waals surface area contributed by atoms with Crippen LogP contribution in [0.3, 0.4) is 0 Å². The minimum Gasteiger partial charge on any atom is -0.250 e. The molecule has 0 fully saturated rings. The second-order valence-corrected chi connectivity index (χ2v) is 5.88. The average Bonchev–Trinajstić information content (AvgIpc) is 2.22. The molecule has 0 aliphatic heterocycles. The lowest BCUT2D eigenvalue weighted by atomic mass is 10.2. The maximum absolute atomic E-state index is 13.9. The molecule has 1 nitrogen and oxygen atoms in total. The fourth-order valence-electron chi connectivity index (χ4n) is 1.41. The first kappa shape index (κ1) is 12.8. The van der Waals surface area contributed by atoms with E-state index < -0.39 is 5.82 Å². The van der Waals surface area contributed by atoms with E-state index in [1.54, 1.807) is 13.0 Å². The molecule has 0 amide bonds. The van der Waals surface area contributed by atoms with Gasteiger partial charge in [0.1, 0.15) is 5.52 Å². The first-order valence-corrected chi connectivity index (χ1v) is 6.85. The molecule has 16 heavy (non-hydrogen) atoms. The lowest BCUT2D eigenvalue weighted by Gasteiger charge is -2.09. The van der Waals surface area contributed by atoms with Gasteiger partial charge < -0.3 is 0 Å². The summed E-state index contributed by atoms with van der Waals surface area (Å²) in [4.78, 5) is 4.15. The van der Waals surface area contributed by atoms with Crippen LogP contribution in [0.5, 0.6) is 0 Å². The van der Waals surface area contributed by atoms with Crippen molar-refractivity contribution in [3.05, 3.63) is 35.7 Å². The average molecular weight is 435 g/mol. The molecule has 1 heterocycles. The van der Waals surface area contributed by atoms with E-state index in [0.29, 0.717) is 24.7 Å². The maximum atomic E-state index is 13.9. The highest BCUT2D eigenvalue weighted by molar-refractivity contribution is 14.1. The van der Waals surface area contributed by atoms with E-state index in [-0.39, 0.29) is 9.99 Å². The number of pyridine rings is 1. The Hall–Kier alpha value is 0.350. The first-order chi connectivity index (χ1) is 7.43. The Morgan fingerprint density at radius 3 is 2.69 bits per heavy atom. The number of nitrogens with zero attached hydrogens (tertiary/aromatic N) is 1. The van der Waals surface area contributed by atoms with E-state index in [0.717, 1.165) is 0 Å². The lowest BCUT2D eigenvalue weighted by Crippen LogP contribution is -1.94. The summed E-state index contributed by atoms with van der Waals surface area (Å²) in [6, 6.07) is 1.69. The molecule has 0 aliphatic carbocycles. The normalized spacial score (nSPS) is 11.1. The summed E-state index contributed by atoms with van der Waals surface area (Å²) in [7, 11) is 0. The second-order valence-electron chi connectivity index (χ2n) is 3.22. The van der Waals surface area contributed by atoms with Gasteiger partial charge in [-0.25, -0.2) is 9.37 Å². The molecule has 2 rings (SSSR count). The molecule has 84 valence electrons. The van der Waals surface area contributed by atoms with E-state index in [1.807, 2.05) is 22.6 Å². The maximum Gasteiger partial charge on any atom is 0.165 e. The molecular weight excluding hydrogens is 431 g/mol. The summed E-state index contributed by atoms with van der Waals surface area (Å²) in [6.07, 6.45) is 0. The minimum absolute atomic E-state index is 0.222. The summed E-state index contributed by atoms with van der Waals surface area (Å²) in [5, 5.41) is 1.33. The highest BCUT2D eigenvalue weighted by atomic mass is 127. The minimum atomic E-state index is -0.481. The van der Waals surface area contributed by atoms with Gasteiger partial charge in [-0.1, -0.05) is 23.2 Å². The molecule has 0 atom stereocenters. The Kier molecular flexibility index (Phi) is 3.64. The molecular formula is C10H4BrCl2FIN. The van der Waals surface area contributed by atoms with Crippen molar-refractivity contribution in [1.82, 2.24) is 4.98 Å². The van der Waals surface area contributed by atoms with E-state index in [9.17, 15) is 4.39 Å². The van der Waals surface area contributed by atoms with E-state index >= 15 is 0 Å². The summed E-state index contributed by atoms with van der Waals surface area (Å²) in [6.45, 7) is 1.76. The molecule has 6 heteroatoms. The summed E-state index contributed by atoms with van der Waals surface area (Å²) in [5.74, 6) is -0.481. The quantitative estimate of drug-likeness (QED) is 0.309. The van der Waals surface area contributed by atoms with Crippen molar-refractivity contribution < 1.29 is 4.39 Å². The van der Waals surface area contributed by atoms with Crippen LogP contribution in [0.25, 0.3) is 10.9 Å². The zero-order chi connectivity index (χ0) is 12.0. The zero-order valence-corrected chi connectivity index (χ0v) is 13.2. The zero-order valence-electron chi connectivity index (χ0n) is 7.91. The van der Waals surface area contributed by atoms with Crippen LogP contribution < -0.4 is 0 Å². The molecule has 0 N–H and O–H groups in total. The van der Waals surface area contributed by atoms with Crippen molar-refractivity contribution in [2.24, 2.45) is 0 Å². The van der Waals surface area contributed by atoms with Crippen molar-refractivity contribution >= 4 is 72.6 Å². The number of rotatable bonds is 0. The van der Waals surface area contributed by atoms with Gasteiger partial charge in [0.2, 0.25) is 0 Å². The Labute approximate surface area is 124 Å². The highest BCUT2D eigenvalue weighted by Crippen LogP contribution is 2.39. The summed E-state index contributed by atoms with van der Waals surface area (Å²) < 4.78 is 14.9. The molecule has 1 aromatic carbocycles. The van der Waals surface area contributed by atoms with E-state index in [1.165, 1.54) is 0 Å². The van der Waals surface area contributed by atoms with Gasteiger partial charge >= 0.3 is 0 Å². The van der Waals surface area contributed by atoms with Crippen LogP contribution in [0.15, 0.2) is 10.5 Å². The lowest BCUT2D eigenvalue weighted by molar-refractivity contribution is 0.630. The number of hydrogen-bond donors (Lipinski definition) is 0. The Bertz CT molecular complexity index is 603. The number of hydrogen-bond acceptors (Lipinski definition) is 1. The van der Waals surface area contributed by atoms with Crippen LogP contribution in [0.2, 0.25) is 10.0 Å². The van der Waals surface area contributed by atoms with Crippen LogP contribution in [-0.2, 0) is 0 Å². The molecule has 0 aliphatic rings. The SMILES string of the molecule is Cc1cc(Cl)c2c(I)c(Cl)c(Br)c(F)c2n1. The monoisotopic (exact) mass is 433 g/mol. The topological polar surface area (TPSA) is 12.9 Å². The predicted molar refractivity (Wildman–Crippen MR) is 76.9 cm³/mol. The Morgan fingerprint density at radius 1 is 1.44 bits per heavy atom. The van der Waals surface area contributed by atoms with Crippen LogP contribution >= 0.6 is 61.7 Å². The van der Waals surface area contributed by atoms with Gasteiger partial charge in [-0.2, -0.15) is 0 Å². The molecule has 1 aromatic heterocycles. The van der Waals surface area contributed by atoms with Gasteiger partial charge in [-0.15, -0.1) is 0 Å². The van der Waals surface area contributed by atoms with Gasteiger partial charge in [0.15, 0.2) is 5.82 Å². The second kappa shape index (κ2) is 4.55. The summed E-state index contributed by atoms with van der Waals surface area (Å²) in [5.41, 5.74) is 0.909. The summed E-state index contributed by atoms with van der Waals surface area (Å²) >= 11 is 17.2. The number of benzene rings is 1.